The van der Waals surface area contributed by atoms with E-state index in [1.165, 1.54) is 9.75 Å². The van der Waals surface area contributed by atoms with Crippen LogP contribution in [0.4, 0.5) is 0 Å². The summed E-state index contributed by atoms with van der Waals surface area (Å²) < 4.78 is 9.08. The van der Waals surface area contributed by atoms with E-state index in [0.717, 1.165) is 17.8 Å². The second-order valence-corrected chi connectivity index (χ2v) is 27.8. The van der Waals surface area contributed by atoms with Gasteiger partial charge in [-0.3, -0.25) is 0 Å². The van der Waals surface area contributed by atoms with Crippen molar-refractivity contribution in [3.8, 4) is 0 Å². The minimum absolute atomic E-state index is 0.570. The zero-order valence-electron chi connectivity index (χ0n) is 14.1. The number of hydrogen-bond acceptors (Lipinski definition) is 3. The first-order chi connectivity index (χ1) is 9.67. The van der Waals surface area contributed by atoms with Crippen LogP contribution in [0.1, 0.15) is 0 Å². The van der Waals surface area contributed by atoms with Crippen molar-refractivity contribution in [1.29, 1.82) is 0 Å². The number of rotatable bonds is 6. The summed E-state index contributed by atoms with van der Waals surface area (Å²) in [4.78, 5) is 16.5. The second-order valence-electron chi connectivity index (χ2n) is 7.85. The van der Waals surface area contributed by atoms with E-state index in [-0.39, 0.29) is 0 Å². The molecule has 0 radical (unpaired) electrons. The first kappa shape index (κ1) is 17.0. The van der Waals surface area contributed by atoms with Crippen molar-refractivity contribution in [2.45, 2.75) is 47.2 Å². The van der Waals surface area contributed by atoms with Gasteiger partial charge in [-0.15, -0.1) is 0 Å². The van der Waals surface area contributed by atoms with Gasteiger partial charge in [0.1, 0.15) is 0 Å². The fourth-order valence-electron chi connectivity index (χ4n) is 1.97. The molecule has 0 aliphatic rings. The fourth-order valence-corrected chi connectivity index (χ4v) is 5.32. The molecule has 0 amide bonds. The normalized spacial score (nSPS) is 13.0. The van der Waals surface area contributed by atoms with Crippen LogP contribution in [-0.2, 0) is 11.5 Å². The molecule has 116 valence electrons. The van der Waals surface area contributed by atoms with E-state index < -0.39 is 26.5 Å². The predicted molar refractivity (Wildman–Crippen MR) is 94.6 cm³/mol. The fraction of sp³-hybridized carbons (Fsp3) is 0.600. The van der Waals surface area contributed by atoms with Crippen LogP contribution in [0, 0.1) is 0 Å². The third-order valence-electron chi connectivity index (χ3n) is 3.46. The topological polar surface area (TPSA) is 39.9 Å². The number of aromatic nitrogens is 3. The second kappa shape index (κ2) is 6.38. The molecule has 0 saturated carbocycles. The van der Waals surface area contributed by atoms with Crippen molar-refractivity contribution in [3.63, 3.8) is 0 Å². The average molecular weight is 412 g/mol. The molecule has 0 fully saturated rings. The molecule has 0 atom stereocenters. The van der Waals surface area contributed by atoms with Gasteiger partial charge < -0.3 is 0 Å². The van der Waals surface area contributed by atoms with Gasteiger partial charge in [-0.2, -0.15) is 0 Å². The van der Waals surface area contributed by atoms with Crippen molar-refractivity contribution < 1.29 is 4.74 Å². The summed E-state index contributed by atoms with van der Waals surface area (Å²) in [6.45, 7) is 8.51. The molecule has 0 aromatic carbocycles. The van der Waals surface area contributed by atoms with E-state index in [0.29, 0.717) is 6.73 Å². The molecule has 2 aromatic rings. The summed E-state index contributed by atoms with van der Waals surface area (Å²) in [5, 5.41) is 0. The van der Waals surface area contributed by atoms with Crippen LogP contribution in [0.15, 0.2) is 18.5 Å². The Morgan fingerprint density at radius 1 is 1.24 bits per heavy atom. The number of fused-ring (bicyclic) bond motifs is 1. The van der Waals surface area contributed by atoms with E-state index in [1.54, 1.807) is 0 Å². The molecule has 0 saturated heterocycles. The Kier molecular flexibility index (Phi) is 5.15. The van der Waals surface area contributed by atoms with Crippen molar-refractivity contribution in [2.75, 3.05) is 6.61 Å². The Balaban J connectivity index is 2.05. The van der Waals surface area contributed by atoms with Gasteiger partial charge in [0.05, 0.1) is 0 Å². The third kappa shape index (κ3) is 4.79. The molecule has 0 aliphatic carbocycles. The average Bonchev–Trinajstić information content (AvgIpc) is 2.75. The molecule has 2 heterocycles. The summed E-state index contributed by atoms with van der Waals surface area (Å²) in [5.41, 5.74) is 1.93. The summed E-state index contributed by atoms with van der Waals surface area (Å²) in [6.07, 6.45) is 4.00. The molecule has 0 bridgehead atoms. The zero-order chi connectivity index (χ0) is 15.7. The molecule has 0 N–H and O–H groups in total. The van der Waals surface area contributed by atoms with Gasteiger partial charge in [-0.25, -0.2) is 0 Å². The zero-order valence-corrected chi connectivity index (χ0v) is 18.0. The van der Waals surface area contributed by atoms with Gasteiger partial charge in [-0.05, 0) is 0 Å². The molecule has 0 spiro atoms. The maximum atomic E-state index is 5.80. The molecule has 2 rings (SSSR count). The third-order valence-corrected chi connectivity index (χ3v) is 10.2. The van der Waals surface area contributed by atoms with Crippen molar-refractivity contribution in [2.24, 2.45) is 0 Å². The molecule has 21 heavy (non-hydrogen) atoms. The summed E-state index contributed by atoms with van der Waals surface area (Å²) in [6, 6.07) is 3.24. The molecule has 4 nitrogen and oxygen atoms in total. The number of ether oxygens (including phenoxy) is 1. The number of nitrogens with zero attached hydrogens (tertiary/aromatic N) is 3. The van der Waals surface area contributed by atoms with Crippen LogP contribution < -0.4 is 3.71 Å². The minimum atomic E-state index is -2.13. The maximum absolute atomic E-state index is 5.80. The Hall–Kier alpha value is -0.404. The van der Waals surface area contributed by atoms with E-state index in [1.807, 2.05) is 18.5 Å². The van der Waals surface area contributed by atoms with E-state index in [9.17, 15) is 0 Å². The van der Waals surface area contributed by atoms with Crippen molar-refractivity contribution >= 4 is 41.3 Å². The Morgan fingerprint density at radius 2 is 1.95 bits per heavy atom. The van der Waals surface area contributed by atoms with Crippen molar-refractivity contribution in [1.82, 2.24) is 14.5 Å². The predicted octanol–water partition coefficient (Wildman–Crippen LogP) is 3.29. The summed E-state index contributed by atoms with van der Waals surface area (Å²) in [5.74, 6) is 0. The van der Waals surface area contributed by atoms with Crippen LogP contribution >= 0.6 is 0 Å². The molecular formula is C15H27N3OSiSn. The van der Waals surface area contributed by atoms with Gasteiger partial charge in [0.15, 0.2) is 0 Å². The van der Waals surface area contributed by atoms with Crippen LogP contribution in [0.25, 0.3) is 11.2 Å². The van der Waals surface area contributed by atoms with Crippen LogP contribution in [0.2, 0.25) is 40.5 Å². The number of hydrogen-bond donors (Lipinski definition) is 0. The monoisotopic (exact) mass is 413 g/mol. The van der Waals surface area contributed by atoms with Crippen LogP contribution in [0.3, 0.4) is 0 Å². The quantitative estimate of drug-likeness (QED) is 0.540. The van der Waals surface area contributed by atoms with Crippen molar-refractivity contribution in [3.05, 3.63) is 18.5 Å². The Morgan fingerprint density at radius 3 is 2.57 bits per heavy atom. The molecule has 6 heteroatoms. The molecule has 2 aromatic heterocycles. The first-order valence-corrected chi connectivity index (χ1v) is 21.3. The first-order valence-electron chi connectivity index (χ1n) is 7.57. The molecular weight excluding hydrogens is 385 g/mol. The Labute approximate surface area is 132 Å². The van der Waals surface area contributed by atoms with Gasteiger partial charge in [0.25, 0.3) is 0 Å². The van der Waals surface area contributed by atoms with Gasteiger partial charge in [-0.1, -0.05) is 0 Å². The van der Waals surface area contributed by atoms with Crippen LogP contribution in [-0.4, -0.2) is 47.6 Å². The summed E-state index contributed by atoms with van der Waals surface area (Å²) >= 11 is -2.13. The van der Waals surface area contributed by atoms with Crippen LogP contribution in [0.5, 0.6) is 0 Å². The van der Waals surface area contributed by atoms with Gasteiger partial charge >= 0.3 is 133 Å². The molecule has 0 unspecified atom stereocenters. The Bertz CT molecular complexity index is 613. The van der Waals surface area contributed by atoms with E-state index in [2.05, 4.69) is 44.0 Å². The molecule has 0 aliphatic heterocycles. The summed E-state index contributed by atoms with van der Waals surface area (Å²) in [7, 11) is -1.02. The van der Waals surface area contributed by atoms with Gasteiger partial charge in [0.2, 0.25) is 0 Å². The SMILES string of the molecule is C[Si](C)(C)CCOCn1ccc2n[c]([Sn]([CH3])([CH3])[CH3])cnc21. The van der Waals surface area contributed by atoms with Gasteiger partial charge in [0, 0.05) is 0 Å². The van der Waals surface area contributed by atoms with E-state index >= 15 is 0 Å². The van der Waals surface area contributed by atoms with E-state index in [4.69, 9.17) is 9.72 Å². The standard InChI is InChI=1S/C12H18N3OSi.3CH3.Sn/c1-17(2,3)9-8-16-10-15-7-4-11-12(15)14-6-5-13-11;;;;/h4,6-7H,8-10H2,1-3H3;3*1H3;.